The van der Waals surface area contributed by atoms with Gasteiger partial charge in [0.05, 0.1) is 5.56 Å². The van der Waals surface area contributed by atoms with Gasteiger partial charge in [-0.25, -0.2) is 4.39 Å². The predicted molar refractivity (Wildman–Crippen MR) is 93.3 cm³/mol. The SMILES string of the molecule is O=Cc1cc(OCc2ccccc2)c(OCc2ccccc2)cc1F. The zero-order chi connectivity index (χ0) is 17.5. The zero-order valence-corrected chi connectivity index (χ0v) is 13.5. The van der Waals surface area contributed by atoms with Crippen molar-refractivity contribution in [1.82, 2.24) is 0 Å². The Labute approximate surface area is 145 Å². The van der Waals surface area contributed by atoms with Crippen LogP contribution in [0.25, 0.3) is 0 Å². The van der Waals surface area contributed by atoms with Crippen molar-refractivity contribution in [2.75, 3.05) is 0 Å². The summed E-state index contributed by atoms with van der Waals surface area (Å²) in [6, 6.07) is 21.7. The first-order valence-electron chi connectivity index (χ1n) is 7.88. The van der Waals surface area contributed by atoms with Crippen molar-refractivity contribution in [1.29, 1.82) is 0 Å². The van der Waals surface area contributed by atoms with E-state index in [4.69, 9.17) is 9.47 Å². The van der Waals surface area contributed by atoms with E-state index in [1.807, 2.05) is 60.7 Å². The van der Waals surface area contributed by atoms with Gasteiger partial charge in [0.1, 0.15) is 19.0 Å². The molecule has 25 heavy (non-hydrogen) atoms. The maximum Gasteiger partial charge on any atom is 0.164 e. The average Bonchev–Trinajstić information content (AvgIpc) is 2.67. The Morgan fingerprint density at radius 2 is 1.24 bits per heavy atom. The van der Waals surface area contributed by atoms with Crippen molar-refractivity contribution in [2.24, 2.45) is 0 Å². The second-order valence-corrected chi connectivity index (χ2v) is 5.49. The Balaban J connectivity index is 1.79. The molecule has 3 aromatic rings. The maximum atomic E-state index is 14.0. The molecule has 0 radical (unpaired) electrons. The molecule has 0 aromatic heterocycles. The van der Waals surface area contributed by atoms with E-state index in [2.05, 4.69) is 0 Å². The van der Waals surface area contributed by atoms with E-state index in [1.54, 1.807) is 0 Å². The lowest BCUT2D eigenvalue weighted by Gasteiger charge is -2.14. The van der Waals surface area contributed by atoms with Gasteiger partial charge in [-0.3, -0.25) is 4.79 Å². The first-order valence-corrected chi connectivity index (χ1v) is 7.88. The molecule has 0 saturated heterocycles. The second kappa shape index (κ2) is 8.11. The van der Waals surface area contributed by atoms with Crippen LogP contribution in [-0.4, -0.2) is 6.29 Å². The van der Waals surface area contributed by atoms with Gasteiger partial charge in [-0.15, -0.1) is 0 Å². The highest BCUT2D eigenvalue weighted by atomic mass is 19.1. The molecular weight excluding hydrogens is 319 g/mol. The van der Waals surface area contributed by atoms with Crippen LogP contribution in [-0.2, 0) is 13.2 Å². The largest absolute Gasteiger partial charge is 0.485 e. The van der Waals surface area contributed by atoms with Gasteiger partial charge < -0.3 is 9.47 Å². The molecule has 3 rings (SSSR count). The molecule has 0 atom stereocenters. The topological polar surface area (TPSA) is 35.5 Å². The van der Waals surface area contributed by atoms with Crippen LogP contribution in [0.4, 0.5) is 4.39 Å². The van der Waals surface area contributed by atoms with E-state index in [1.165, 1.54) is 12.1 Å². The lowest BCUT2D eigenvalue weighted by Crippen LogP contribution is -2.02. The van der Waals surface area contributed by atoms with E-state index in [0.29, 0.717) is 18.6 Å². The Bertz CT molecular complexity index is 833. The zero-order valence-electron chi connectivity index (χ0n) is 13.5. The first-order chi connectivity index (χ1) is 12.3. The molecule has 0 fully saturated rings. The van der Waals surface area contributed by atoms with Crippen molar-refractivity contribution in [3.05, 3.63) is 95.3 Å². The minimum Gasteiger partial charge on any atom is -0.485 e. The number of rotatable bonds is 7. The molecule has 126 valence electrons. The van der Waals surface area contributed by atoms with Gasteiger partial charge in [-0.2, -0.15) is 0 Å². The summed E-state index contributed by atoms with van der Waals surface area (Å²) in [7, 11) is 0. The van der Waals surface area contributed by atoms with Crippen molar-refractivity contribution in [3.63, 3.8) is 0 Å². The molecule has 3 aromatic carbocycles. The maximum absolute atomic E-state index is 14.0. The van der Waals surface area contributed by atoms with Crippen LogP contribution in [0.1, 0.15) is 21.5 Å². The van der Waals surface area contributed by atoms with E-state index < -0.39 is 5.82 Å². The predicted octanol–water partition coefficient (Wildman–Crippen LogP) is 4.80. The summed E-state index contributed by atoms with van der Waals surface area (Å²) in [6.07, 6.45) is 0.464. The molecule has 0 bridgehead atoms. The summed E-state index contributed by atoms with van der Waals surface area (Å²) in [5.41, 5.74) is 1.86. The highest BCUT2D eigenvalue weighted by Gasteiger charge is 2.13. The van der Waals surface area contributed by atoms with Crippen LogP contribution in [0.3, 0.4) is 0 Å². The number of carbonyl (C=O) groups excluding carboxylic acids is 1. The molecule has 4 heteroatoms. The van der Waals surface area contributed by atoms with Crippen LogP contribution in [0, 0.1) is 5.82 Å². The molecule has 0 heterocycles. The van der Waals surface area contributed by atoms with Gasteiger partial charge in [-0.1, -0.05) is 60.7 Å². The van der Waals surface area contributed by atoms with E-state index in [9.17, 15) is 9.18 Å². The lowest BCUT2D eigenvalue weighted by atomic mass is 10.2. The Kier molecular flexibility index (Phi) is 5.42. The first kappa shape index (κ1) is 16.7. The minimum atomic E-state index is -0.634. The highest BCUT2D eigenvalue weighted by Crippen LogP contribution is 2.31. The Hall–Kier alpha value is -3.14. The Morgan fingerprint density at radius 1 is 0.760 bits per heavy atom. The molecule has 0 spiro atoms. The molecule has 0 saturated carbocycles. The minimum absolute atomic E-state index is 0.0601. The van der Waals surface area contributed by atoms with E-state index in [0.717, 1.165) is 11.1 Å². The quantitative estimate of drug-likeness (QED) is 0.582. The van der Waals surface area contributed by atoms with Crippen LogP contribution < -0.4 is 9.47 Å². The summed E-state index contributed by atoms with van der Waals surface area (Å²) in [5, 5.41) is 0. The number of ether oxygens (including phenoxy) is 2. The van der Waals surface area contributed by atoms with Gasteiger partial charge >= 0.3 is 0 Å². The van der Waals surface area contributed by atoms with Crippen molar-refractivity contribution < 1.29 is 18.7 Å². The summed E-state index contributed by atoms with van der Waals surface area (Å²) >= 11 is 0. The normalized spacial score (nSPS) is 10.3. The second-order valence-electron chi connectivity index (χ2n) is 5.49. The molecule has 0 aliphatic rings. The number of benzene rings is 3. The number of aldehydes is 1. The van der Waals surface area contributed by atoms with Crippen LogP contribution in [0.15, 0.2) is 72.8 Å². The van der Waals surface area contributed by atoms with Crippen LogP contribution in [0.2, 0.25) is 0 Å². The third-order valence-corrected chi connectivity index (χ3v) is 3.66. The summed E-state index contributed by atoms with van der Waals surface area (Å²) in [6.45, 7) is 0.578. The average molecular weight is 336 g/mol. The highest BCUT2D eigenvalue weighted by molar-refractivity contribution is 5.77. The molecular formula is C21H17FO3. The third kappa shape index (κ3) is 4.44. The number of halogens is 1. The monoisotopic (exact) mass is 336 g/mol. The molecule has 0 aliphatic carbocycles. The smallest absolute Gasteiger partial charge is 0.164 e. The number of hydrogen-bond acceptors (Lipinski definition) is 3. The molecule has 3 nitrogen and oxygen atoms in total. The standard InChI is InChI=1S/C21H17FO3/c22-19-12-21(25-15-17-9-5-2-6-10-17)20(11-18(19)13-23)24-14-16-7-3-1-4-8-16/h1-13H,14-15H2. The molecule has 0 aliphatic heterocycles. The van der Waals surface area contributed by atoms with Gasteiger partial charge in [0, 0.05) is 6.07 Å². The van der Waals surface area contributed by atoms with Gasteiger partial charge in [0.15, 0.2) is 17.8 Å². The lowest BCUT2D eigenvalue weighted by molar-refractivity contribution is 0.111. The fourth-order valence-corrected chi connectivity index (χ4v) is 2.34. The van der Waals surface area contributed by atoms with E-state index >= 15 is 0 Å². The van der Waals surface area contributed by atoms with E-state index in [-0.39, 0.29) is 17.9 Å². The molecule has 0 unspecified atom stereocenters. The fraction of sp³-hybridized carbons (Fsp3) is 0.0952. The molecule has 0 amide bonds. The van der Waals surface area contributed by atoms with Crippen LogP contribution in [0.5, 0.6) is 11.5 Å². The van der Waals surface area contributed by atoms with Gasteiger partial charge in [-0.05, 0) is 17.2 Å². The van der Waals surface area contributed by atoms with Gasteiger partial charge in [0.25, 0.3) is 0 Å². The third-order valence-electron chi connectivity index (χ3n) is 3.66. The molecule has 0 N–H and O–H groups in total. The van der Waals surface area contributed by atoms with Crippen LogP contribution >= 0.6 is 0 Å². The number of hydrogen-bond donors (Lipinski definition) is 0. The Morgan fingerprint density at radius 3 is 1.72 bits per heavy atom. The van der Waals surface area contributed by atoms with Crippen molar-refractivity contribution in [2.45, 2.75) is 13.2 Å². The number of carbonyl (C=O) groups is 1. The summed E-state index contributed by atoms with van der Waals surface area (Å²) < 4.78 is 25.4. The van der Waals surface area contributed by atoms with Crippen molar-refractivity contribution >= 4 is 6.29 Å². The van der Waals surface area contributed by atoms with Gasteiger partial charge in [0.2, 0.25) is 0 Å². The summed E-state index contributed by atoms with van der Waals surface area (Å²) in [4.78, 5) is 11.0. The summed E-state index contributed by atoms with van der Waals surface area (Å²) in [5.74, 6) is -0.0312. The fourth-order valence-electron chi connectivity index (χ4n) is 2.34. The van der Waals surface area contributed by atoms with Crippen molar-refractivity contribution in [3.8, 4) is 11.5 Å².